The SMILES string of the molecule is CCOC(=O)CCCCCOc1cccc(-c2ccccc2)c1. The number of ether oxygens (including phenoxy) is 2. The van der Waals surface area contributed by atoms with Gasteiger partial charge in [-0.25, -0.2) is 0 Å². The molecule has 0 aliphatic rings. The molecule has 0 N–H and O–H groups in total. The maximum atomic E-state index is 11.2. The van der Waals surface area contributed by atoms with E-state index in [0.717, 1.165) is 30.6 Å². The summed E-state index contributed by atoms with van der Waals surface area (Å²) >= 11 is 0. The Labute approximate surface area is 138 Å². The molecule has 23 heavy (non-hydrogen) atoms. The van der Waals surface area contributed by atoms with E-state index in [4.69, 9.17) is 9.47 Å². The minimum Gasteiger partial charge on any atom is -0.494 e. The number of carbonyl (C=O) groups is 1. The quantitative estimate of drug-likeness (QED) is 0.490. The molecule has 0 radical (unpaired) electrons. The zero-order valence-electron chi connectivity index (χ0n) is 13.7. The summed E-state index contributed by atoms with van der Waals surface area (Å²) in [6, 6.07) is 18.4. The lowest BCUT2D eigenvalue weighted by Crippen LogP contribution is -2.04. The molecular formula is C20H24O3. The molecule has 2 aromatic carbocycles. The summed E-state index contributed by atoms with van der Waals surface area (Å²) in [7, 11) is 0. The van der Waals surface area contributed by atoms with E-state index in [9.17, 15) is 4.79 Å². The van der Waals surface area contributed by atoms with Gasteiger partial charge in [0.1, 0.15) is 5.75 Å². The highest BCUT2D eigenvalue weighted by Gasteiger charge is 2.02. The lowest BCUT2D eigenvalue weighted by molar-refractivity contribution is -0.143. The minimum absolute atomic E-state index is 0.107. The van der Waals surface area contributed by atoms with Crippen LogP contribution in [-0.4, -0.2) is 19.2 Å². The largest absolute Gasteiger partial charge is 0.494 e. The first-order valence-corrected chi connectivity index (χ1v) is 8.23. The van der Waals surface area contributed by atoms with Crippen molar-refractivity contribution < 1.29 is 14.3 Å². The van der Waals surface area contributed by atoms with E-state index < -0.39 is 0 Å². The van der Waals surface area contributed by atoms with E-state index in [-0.39, 0.29) is 5.97 Å². The summed E-state index contributed by atoms with van der Waals surface area (Å²) in [5.74, 6) is 0.778. The van der Waals surface area contributed by atoms with Crippen LogP contribution in [0.2, 0.25) is 0 Å². The van der Waals surface area contributed by atoms with Gasteiger partial charge in [0.05, 0.1) is 13.2 Å². The molecule has 0 aromatic heterocycles. The Morgan fingerprint density at radius 3 is 2.48 bits per heavy atom. The van der Waals surface area contributed by atoms with Gasteiger partial charge in [0, 0.05) is 6.42 Å². The number of unbranched alkanes of at least 4 members (excludes halogenated alkanes) is 2. The van der Waals surface area contributed by atoms with Crippen LogP contribution in [0, 0.1) is 0 Å². The third-order valence-corrected chi connectivity index (χ3v) is 3.54. The van der Waals surface area contributed by atoms with Gasteiger partial charge in [-0.2, -0.15) is 0 Å². The third-order valence-electron chi connectivity index (χ3n) is 3.54. The summed E-state index contributed by atoms with van der Waals surface area (Å²) in [6.07, 6.45) is 3.26. The van der Waals surface area contributed by atoms with E-state index >= 15 is 0 Å². The monoisotopic (exact) mass is 312 g/mol. The Morgan fingerprint density at radius 2 is 1.70 bits per heavy atom. The predicted molar refractivity (Wildman–Crippen MR) is 92.5 cm³/mol. The normalized spacial score (nSPS) is 10.3. The maximum Gasteiger partial charge on any atom is 0.305 e. The molecular weight excluding hydrogens is 288 g/mol. The van der Waals surface area contributed by atoms with Crippen molar-refractivity contribution in [3.05, 3.63) is 54.6 Å². The van der Waals surface area contributed by atoms with Gasteiger partial charge in [-0.1, -0.05) is 42.5 Å². The highest BCUT2D eigenvalue weighted by Crippen LogP contribution is 2.23. The van der Waals surface area contributed by atoms with Gasteiger partial charge in [0.15, 0.2) is 0 Å². The van der Waals surface area contributed by atoms with Crippen molar-refractivity contribution in [1.82, 2.24) is 0 Å². The second kappa shape index (κ2) is 9.67. The molecule has 0 heterocycles. The van der Waals surface area contributed by atoms with Gasteiger partial charge in [0.2, 0.25) is 0 Å². The molecule has 122 valence electrons. The second-order valence-electron chi connectivity index (χ2n) is 5.36. The van der Waals surface area contributed by atoms with Crippen LogP contribution in [0.4, 0.5) is 0 Å². The molecule has 2 aromatic rings. The molecule has 0 unspecified atom stereocenters. The van der Waals surface area contributed by atoms with Crippen LogP contribution in [-0.2, 0) is 9.53 Å². The highest BCUT2D eigenvalue weighted by atomic mass is 16.5. The first kappa shape index (κ1) is 17.1. The number of rotatable bonds is 9. The Kier molecular flexibility index (Phi) is 7.18. The van der Waals surface area contributed by atoms with Crippen LogP contribution in [0.25, 0.3) is 11.1 Å². The Morgan fingerprint density at radius 1 is 0.913 bits per heavy atom. The smallest absolute Gasteiger partial charge is 0.305 e. The molecule has 0 aliphatic heterocycles. The minimum atomic E-state index is -0.107. The fraction of sp³-hybridized carbons (Fsp3) is 0.350. The number of esters is 1. The summed E-state index contributed by atoms with van der Waals surface area (Å²) in [6.45, 7) is 2.95. The molecule has 2 rings (SSSR count). The van der Waals surface area contributed by atoms with Crippen LogP contribution in [0.5, 0.6) is 5.75 Å². The van der Waals surface area contributed by atoms with Crippen LogP contribution >= 0.6 is 0 Å². The molecule has 3 heteroatoms. The predicted octanol–water partition coefficient (Wildman–Crippen LogP) is 4.86. The maximum absolute atomic E-state index is 11.2. The zero-order valence-corrected chi connectivity index (χ0v) is 13.7. The van der Waals surface area contributed by atoms with Crippen molar-refractivity contribution in [3.8, 4) is 16.9 Å². The molecule has 0 spiro atoms. The summed E-state index contributed by atoms with van der Waals surface area (Å²) in [5.41, 5.74) is 2.35. The van der Waals surface area contributed by atoms with Crippen molar-refractivity contribution in [2.24, 2.45) is 0 Å². The standard InChI is InChI=1S/C20H24O3/c1-2-22-20(21)14-7-4-8-15-23-19-13-9-12-18(16-19)17-10-5-3-6-11-17/h3,5-6,9-13,16H,2,4,7-8,14-15H2,1H3. The average Bonchev–Trinajstić information content (AvgIpc) is 2.59. The zero-order chi connectivity index (χ0) is 16.3. The van der Waals surface area contributed by atoms with Gasteiger partial charge >= 0.3 is 5.97 Å². The van der Waals surface area contributed by atoms with Gasteiger partial charge in [-0.05, 0) is 49.4 Å². The second-order valence-corrected chi connectivity index (χ2v) is 5.36. The van der Waals surface area contributed by atoms with Gasteiger partial charge in [-0.3, -0.25) is 4.79 Å². The first-order valence-electron chi connectivity index (χ1n) is 8.23. The number of hydrogen-bond donors (Lipinski definition) is 0. The van der Waals surface area contributed by atoms with Crippen LogP contribution in [0.3, 0.4) is 0 Å². The van der Waals surface area contributed by atoms with E-state index in [1.54, 1.807) is 0 Å². The molecule has 0 bridgehead atoms. The van der Waals surface area contributed by atoms with Crippen LogP contribution < -0.4 is 4.74 Å². The van der Waals surface area contributed by atoms with E-state index in [1.165, 1.54) is 5.56 Å². The third kappa shape index (κ3) is 6.15. The lowest BCUT2D eigenvalue weighted by Gasteiger charge is -2.08. The van der Waals surface area contributed by atoms with Crippen molar-refractivity contribution in [2.75, 3.05) is 13.2 Å². The Hall–Kier alpha value is -2.29. The molecule has 0 fully saturated rings. The van der Waals surface area contributed by atoms with Crippen molar-refractivity contribution in [3.63, 3.8) is 0 Å². The molecule has 3 nitrogen and oxygen atoms in total. The van der Waals surface area contributed by atoms with E-state index in [1.807, 2.05) is 37.3 Å². The Bertz CT molecular complexity index is 593. The van der Waals surface area contributed by atoms with Crippen LogP contribution in [0.1, 0.15) is 32.6 Å². The van der Waals surface area contributed by atoms with Gasteiger partial charge in [-0.15, -0.1) is 0 Å². The summed E-state index contributed by atoms with van der Waals surface area (Å²) < 4.78 is 10.7. The number of hydrogen-bond acceptors (Lipinski definition) is 3. The van der Waals surface area contributed by atoms with E-state index in [2.05, 4.69) is 24.3 Å². The molecule has 0 amide bonds. The van der Waals surface area contributed by atoms with Crippen molar-refractivity contribution in [1.29, 1.82) is 0 Å². The fourth-order valence-corrected chi connectivity index (χ4v) is 2.37. The highest BCUT2D eigenvalue weighted by molar-refractivity contribution is 5.69. The number of benzene rings is 2. The van der Waals surface area contributed by atoms with Gasteiger partial charge < -0.3 is 9.47 Å². The molecule has 0 saturated carbocycles. The molecule has 0 aliphatic carbocycles. The van der Waals surface area contributed by atoms with E-state index in [0.29, 0.717) is 19.6 Å². The van der Waals surface area contributed by atoms with Crippen molar-refractivity contribution in [2.45, 2.75) is 32.6 Å². The average molecular weight is 312 g/mol. The van der Waals surface area contributed by atoms with Crippen LogP contribution in [0.15, 0.2) is 54.6 Å². The molecule has 0 atom stereocenters. The van der Waals surface area contributed by atoms with Gasteiger partial charge in [0.25, 0.3) is 0 Å². The first-order chi connectivity index (χ1) is 11.3. The summed E-state index contributed by atoms with van der Waals surface area (Å²) in [5, 5.41) is 0. The Balaban J connectivity index is 1.71. The fourth-order valence-electron chi connectivity index (χ4n) is 2.37. The lowest BCUT2D eigenvalue weighted by atomic mass is 10.1. The topological polar surface area (TPSA) is 35.5 Å². The summed E-state index contributed by atoms with van der Waals surface area (Å²) in [4.78, 5) is 11.2. The van der Waals surface area contributed by atoms with Crippen molar-refractivity contribution >= 4 is 5.97 Å². The molecule has 0 saturated heterocycles. The number of carbonyl (C=O) groups excluding carboxylic acids is 1.